The SMILES string of the molecule is CSCCC(NC(=O)C(Sc1ccccc1)c1ccccc1)C(=O)O. The Morgan fingerprint density at radius 1 is 1.04 bits per heavy atom. The van der Waals surface area contributed by atoms with Crippen LogP contribution >= 0.6 is 23.5 Å². The second kappa shape index (κ2) is 10.2. The standard InChI is InChI=1S/C19H21NO3S2/c1-24-13-12-16(19(22)23)20-18(21)17(14-8-4-2-5-9-14)25-15-10-6-3-7-11-15/h2-11,16-17H,12-13H2,1H3,(H,20,21)(H,22,23). The van der Waals surface area contributed by atoms with Crippen LogP contribution in [0.3, 0.4) is 0 Å². The van der Waals surface area contributed by atoms with Gasteiger partial charge < -0.3 is 10.4 Å². The summed E-state index contributed by atoms with van der Waals surface area (Å²) in [5, 5.41) is 11.6. The van der Waals surface area contributed by atoms with E-state index in [2.05, 4.69) is 5.32 Å². The van der Waals surface area contributed by atoms with Crippen molar-refractivity contribution in [2.75, 3.05) is 12.0 Å². The lowest BCUT2D eigenvalue weighted by atomic mass is 10.1. The second-order valence-corrected chi connectivity index (χ2v) is 7.57. The highest BCUT2D eigenvalue weighted by atomic mass is 32.2. The van der Waals surface area contributed by atoms with Gasteiger partial charge >= 0.3 is 5.97 Å². The Morgan fingerprint density at radius 2 is 1.64 bits per heavy atom. The summed E-state index contributed by atoms with van der Waals surface area (Å²) >= 11 is 2.98. The van der Waals surface area contributed by atoms with Gasteiger partial charge in [-0.2, -0.15) is 11.8 Å². The van der Waals surface area contributed by atoms with E-state index in [-0.39, 0.29) is 5.91 Å². The van der Waals surface area contributed by atoms with Gasteiger partial charge in [-0.1, -0.05) is 48.5 Å². The van der Waals surface area contributed by atoms with E-state index < -0.39 is 17.3 Å². The number of rotatable bonds is 9. The van der Waals surface area contributed by atoms with Gasteiger partial charge in [0.05, 0.1) is 0 Å². The van der Waals surface area contributed by atoms with Crippen LogP contribution in [-0.2, 0) is 9.59 Å². The first-order valence-corrected chi connectivity index (χ1v) is 10.2. The maximum atomic E-state index is 12.8. The zero-order valence-electron chi connectivity index (χ0n) is 13.9. The van der Waals surface area contributed by atoms with Gasteiger partial charge in [0.15, 0.2) is 0 Å². The van der Waals surface area contributed by atoms with E-state index in [9.17, 15) is 14.7 Å². The maximum absolute atomic E-state index is 12.8. The molecule has 2 aromatic rings. The van der Waals surface area contributed by atoms with Gasteiger partial charge in [0, 0.05) is 4.90 Å². The van der Waals surface area contributed by atoms with Crippen molar-refractivity contribution in [3.8, 4) is 0 Å². The molecule has 0 aliphatic rings. The van der Waals surface area contributed by atoms with Crippen molar-refractivity contribution in [1.29, 1.82) is 0 Å². The smallest absolute Gasteiger partial charge is 0.326 e. The molecule has 0 spiro atoms. The summed E-state index contributed by atoms with van der Waals surface area (Å²) in [6.45, 7) is 0. The Hall–Kier alpha value is -1.92. The summed E-state index contributed by atoms with van der Waals surface area (Å²) in [7, 11) is 0. The molecule has 2 N–H and O–H groups in total. The number of aliphatic carboxylic acids is 1. The Labute approximate surface area is 156 Å². The summed E-state index contributed by atoms with van der Waals surface area (Å²) in [6.07, 6.45) is 2.32. The molecule has 0 heterocycles. The van der Waals surface area contributed by atoms with Crippen LogP contribution in [0.5, 0.6) is 0 Å². The number of nitrogens with one attached hydrogen (secondary N) is 1. The lowest BCUT2D eigenvalue weighted by molar-refractivity contribution is -0.141. The molecule has 0 saturated heterocycles. The summed E-state index contributed by atoms with van der Waals surface area (Å²) in [5.41, 5.74) is 0.850. The number of thioether (sulfide) groups is 2. The van der Waals surface area contributed by atoms with E-state index >= 15 is 0 Å². The molecular formula is C19H21NO3S2. The van der Waals surface area contributed by atoms with Crippen LogP contribution in [0.15, 0.2) is 65.6 Å². The van der Waals surface area contributed by atoms with E-state index in [4.69, 9.17) is 0 Å². The van der Waals surface area contributed by atoms with Crippen molar-refractivity contribution in [3.05, 3.63) is 66.2 Å². The van der Waals surface area contributed by atoms with E-state index in [1.807, 2.05) is 66.9 Å². The van der Waals surface area contributed by atoms with E-state index in [1.54, 1.807) is 11.8 Å². The van der Waals surface area contributed by atoms with E-state index in [1.165, 1.54) is 11.8 Å². The van der Waals surface area contributed by atoms with Crippen LogP contribution < -0.4 is 5.32 Å². The highest BCUT2D eigenvalue weighted by molar-refractivity contribution is 8.00. The summed E-state index contributed by atoms with van der Waals surface area (Å²) < 4.78 is 0. The minimum absolute atomic E-state index is 0.284. The Balaban J connectivity index is 2.19. The van der Waals surface area contributed by atoms with Gasteiger partial charge in [0.25, 0.3) is 0 Å². The third-order valence-electron chi connectivity index (χ3n) is 3.56. The Morgan fingerprint density at radius 3 is 2.20 bits per heavy atom. The number of amides is 1. The first-order valence-electron chi connectivity index (χ1n) is 7.90. The van der Waals surface area contributed by atoms with Gasteiger partial charge in [-0.3, -0.25) is 4.79 Å². The van der Waals surface area contributed by atoms with Crippen molar-refractivity contribution in [2.24, 2.45) is 0 Å². The van der Waals surface area contributed by atoms with Crippen molar-refractivity contribution in [2.45, 2.75) is 22.6 Å². The van der Waals surface area contributed by atoms with E-state index in [0.717, 1.165) is 10.5 Å². The van der Waals surface area contributed by atoms with Crippen LogP contribution in [0.4, 0.5) is 0 Å². The minimum Gasteiger partial charge on any atom is -0.480 e. The van der Waals surface area contributed by atoms with Crippen LogP contribution in [0.25, 0.3) is 0 Å². The van der Waals surface area contributed by atoms with Gasteiger partial charge in [0.1, 0.15) is 11.3 Å². The van der Waals surface area contributed by atoms with Crippen LogP contribution in [0.2, 0.25) is 0 Å². The van der Waals surface area contributed by atoms with Gasteiger partial charge in [-0.15, -0.1) is 11.8 Å². The molecule has 6 heteroatoms. The lowest BCUT2D eigenvalue weighted by Gasteiger charge is -2.20. The molecule has 0 saturated carbocycles. The molecule has 2 rings (SSSR count). The molecule has 0 bridgehead atoms. The molecular weight excluding hydrogens is 354 g/mol. The summed E-state index contributed by atoms with van der Waals surface area (Å²) in [5.74, 6) is -0.605. The number of carbonyl (C=O) groups excluding carboxylic acids is 1. The molecule has 4 nitrogen and oxygen atoms in total. The molecule has 0 fully saturated rings. The van der Waals surface area contributed by atoms with Crippen LogP contribution in [-0.4, -0.2) is 35.0 Å². The van der Waals surface area contributed by atoms with Gasteiger partial charge in [-0.05, 0) is 36.1 Å². The van der Waals surface area contributed by atoms with E-state index in [0.29, 0.717) is 12.2 Å². The molecule has 0 aliphatic heterocycles. The minimum atomic E-state index is -1.00. The fraction of sp³-hybridized carbons (Fsp3) is 0.263. The normalized spacial score (nSPS) is 13.0. The van der Waals surface area contributed by atoms with Crippen molar-refractivity contribution in [3.63, 3.8) is 0 Å². The number of hydrogen-bond acceptors (Lipinski definition) is 4. The van der Waals surface area contributed by atoms with Gasteiger partial charge in [0.2, 0.25) is 5.91 Å². The Bertz CT molecular complexity index is 680. The third kappa shape index (κ3) is 6.14. The molecule has 0 radical (unpaired) electrons. The molecule has 25 heavy (non-hydrogen) atoms. The topological polar surface area (TPSA) is 66.4 Å². The van der Waals surface area contributed by atoms with Crippen LogP contribution in [0, 0.1) is 0 Å². The second-order valence-electron chi connectivity index (χ2n) is 5.40. The molecule has 2 atom stereocenters. The predicted molar refractivity (Wildman–Crippen MR) is 104 cm³/mol. The maximum Gasteiger partial charge on any atom is 0.326 e. The van der Waals surface area contributed by atoms with Crippen LogP contribution in [0.1, 0.15) is 17.2 Å². The highest BCUT2D eigenvalue weighted by Gasteiger charge is 2.27. The van der Waals surface area contributed by atoms with Crippen molar-refractivity contribution in [1.82, 2.24) is 5.32 Å². The molecule has 2 aromatic carbocycles. The first-order chi connectivity index (χ1) is 12.1. The third-order valence-corrected chi connectivity index (χ3v) is 5.47. The first kappa shape index (κ1) is 19.4. The molecule has 132 valence electrons. The highest BCUT2D eigenvalue weighted by Crippen LogP contribution is 2.35. The largest absolute Gasteiger partial charge is 0.480 e. The number of carbonyl (C=O) groups is 2. The zero-order chi connectivity index (χ0) is 18.1. The molecule has 0 aromatic heterocycles. The fourth-order valence-electron chi connectivity index (χ4n) is 2.28. The number of hydrogen-bond donors (Lipinski definition) is 2. The summed E-state index contributed by atoms with van der Waals surface area (Å²) in [6, 6.07) is 18.2. The summed E-state index contributed by atoms with van der Waals surface area (Å²) in [4.78, 5) is 25.2. The predicted octanol–water partition coefficient (Wildman–Crippen LogP) is 3.84. The molecule has 1 amide bonds. The van der Waals surface area contributed by atoms with Gasteiger partial charge in [-0.25, -0.2) is 4.79 Å². The lowest BCUT2D eigenvalue weighted by Crippen LogP contribution is -2.42. The van der Waals surface area contributed by atoms with Crippen molar-refractivity contribution >= 4 is 35.4 Å². The van der Waals surface area contributed by atoms with Crippen molar-refractivity contribution < 1.29 is 14.7 Å². The zero-order valence-corrected chi connectivity index (χ0v) is 15.6. The molecule has 2 unspecified atom stereocenters. The number of benzene rings is 2. The molecule has 0 aliphatic carbocycles. The quantitative estimate of drug-likeness (QED) is 0.652. The average molecular weight is 376 g/mol. The average Bonchev–Trinajstić information content (AvgIpc) is 2.64. The number of carboxylic acid groups (broad SMARTS) is 1. The monoisotopic (exact) mass is 375 g/mol. The Kier molecular flexibility index (Phi) is 7.88. The number of carboxylic acids is 1. The fourth-order valence-corrected chi connectivity index (χ4v) is 3.80.